The molecule has 0 aromatic heterocycles. The predicted molar refractivity (Wildman–Crippen MR) is 61.6 cm³/mol. The van der Waals surface area contributed by atoms with Crippen molar-refractivity contribution in [1.82, 2.24) is 0 Å². The molecule has 1 rings (SSSR count). The van der Waals surface area contributed by atoms with Crippen molar-refractivity contribution >= 4 is 5.78 Å². The molecular weight excluding hydrogens is 188 g/mol. The molecule has 0 aliphatic rings. The Morgan fingerprint density at radius 1 is 1.13 bits per heavy atom. The molecule has 0 unspecified atom stereocenters. The number of ether oxygens (including phenoxy) is 1. The highest BCUT2D eigenvalue weighted by atomic mass is 16.5. The second-order valence-electron chi connectivity index (χ2n) is 4.08. The Bertz CT molecular complexity index is 366. The molecule has 0 bridgehead atoms. The Morgan fingerprint density at radius 2 is 1.60 bits per heavy atom. The molecule has 0 aliphatic heterocycles. The Balaban J connectivity index is 3.09. The van der Waals surface area contributed by atoms with Gasteiger partial charge in [-0.3, -0.25) is 4.79 Å². The van der Waals surface area contributed by atoms with Gasteiger partial charge in [0.15, 0.2) is 5.78 Å². The van der Waals surface area contributed by atoms with Crippen LogP contribution in [0.25, 0.3) is 0 Å². The van der Waals surface area contributed by atoms with E-state index in [1.54, 1.807) is 0 Å². The van der Waals surface area contributed by atoms with E-state index in [2.05, 4.69) is 19.9 Å². The number of Topliss-reactive ketones (excluding diaryl/α,β-unsaturated/α-hetero) is 1. The third-order valence-electron chi connectivity index (χ3n) is 2.72. The Labute approximate surface area is 91.3 Å². The van der Waals surface area contributed by atoms with Gasteiger partial charge in [0.2, 0.25) is 0 Å². The summed E-state index contributed by atoms with van der Waals surface area (Å²) < 4.78 is 5.54. The number of benzene rings is 1. The van der Waals surface area contributed by atoms with Crippen LogP contribution in [0.2, 0.25) is 0 Å². The molecule has 0 saturated heterocycles. The van der Waals surface area contributed by atoms with Crippen LogP contribution in [0.1, 0.15) is 29.2 Å². The third-order valence-corrected chi connectivity index (χ3v) is 2.72. The van der Waals surface area contributed by atoms with E-state index in [9.17, 15) is 4.79 Å². The zero-order chi connectivity index (χ0) is 11.6. The molecule has 2 nitrogen and oxygen atoms in total. The van der Waals surface area contributed by atoms with Crippen molar-refractivity contribution in [3.05, 3.63) is 28.3 Å². The molecular formula is C13H18O2. The van der Waals surface area contributed by atoms with Crippen LogP contribution >= 0.6 is 0 Å². The molecule has 0 N–H and O–H groups in total. The highest BCUT2D eigenvalue weighted by molar-refractivity contribution is 5.77. The van der Waals surface area contributed by atoms with Gasteiger partial charge < -0.3 is 4.74 Å². The molecule has 0 saturated carbocycles. The minimum atomic E-state index is 0.0490. The lowest BCUT2D eigenvalue weighted by atomic mass is 10.0. The maximum Gasteiger partial charge on any atom is 0.167 e. The first kappa shape index (κ1) is 11.8. The lowest BCUT2D eigenvalue weighted by Crippen LogP contribution is -2.09. The second-order valence-corrected chi connectivity index (χ2v) is 4.08. The highest BCUT2D eigenvalue weighted by Gasteiger charge is 2.09. The fourth-order valence-corrected chi connectivity index (χ4v) is 1.57. The number of rotatable bonds is 3. The average molecular weight is 206 g/mol. The van der Waals surface area contributed by atoms with Crippen LogP contribution in [0.4, 0.5) is 0 Å². The first-order valence-corrected chi connectivity index (χ1v) is 5.13. The van der Waals surface area contributed by atoms with Gasteiger partial charge in [-0.05, 0) is 56.9 Å². The molecule has 0 radical (unpaired) electrons. The fourth-order valence-electron chi connectivity index (χ4n) is 1.57. The van der Waals surface area contributed by atoms with Gasteiger partial charge in [0.05, 0.1) is 0 Å². The van der Waals surface area contributed by atoms with Crippen LogP contribution in [-0.2, 0) is 4.79 Å². The monoisotopic (exact) mass is 206 g/mol. The first-order chi connectivity index (χ1) is 6.93. The Morgan fingerprint density at radius 3 is 2.00 bits per heavy atom. The van der Waals surface area contributed by atoms with Crippen molar-refractivity contribution in [1.29, 1.82) is 0 Å². The zero-order valence-corrected chi connectivity index (χ0v) is 10.1. The van der Waals surface area contributed by atoms with Crippen molar-refractivity contribution in [2.24, 2.45) is 0 Å². The number of aryl methyl sites for hydroxylation is 2. The Hall–Kier alpha value is -1.31. The van der Waals surface area contributed by atoms with Gasteiger partial charge in [-0.15, -0.1) is 0 Å². The van der Waals surface area contributed by atoms with E-state index in [0.29, 0.717) is 0 Å². The van der Waals surface area contributed by atoms with E-state index in [-0.39, 0.29) is 12.4 Å². The van der Waals surface area contributed by atoms with Crippen molar-refractivity contribution < 1.29 is 9.53 Å². The standard InChI is InChI=1S/C13H18O2/c1-8-6-9(2)12(5)13(11(8)4)15-7-10(3)14/h6H,7H2,1-5H3. The molecule has 2 heteroatoms. The normalized spacial score (nSPS) is 10.2. The van der Waals surface area contributed by atoms with Gasteiger partial charge in [-0.1, -0.05) is 6.07 Å². The van der Waals surface area contributed by atoms with E-state index in [1.807, 2.05) is 13.8 Å². The van der Waals surface area contributed by atoms with Crippen molar-refractivity contribution in [2.45, 2.75) is 34.6 Å². The topological polar surface area (TPSA) is 26.3 Å². The maximum atomic E-state index is 10.9. The van der Waals surface area contributed by atoms with Gasteiger partial charge in [0, 0.05) is 0 Å². The lowest BCUT2D eigenvalue weighted by Gasteiger charge is -2.15. The molecule has 15 heavy (non-hydrogen) atoms. The quantitative estimate of drug-likeness (QED) is 0.760. The van der Waals surface area contributed by atoms with Gasteiger partial charge in [-0.25, -0.2) is 0 Å². The second kappa shape index (κ2) is 4.47. The maximum absolute atomic E-state index is 10.9. The third kappa shape index (κ3) is 2.58. The summed E-state index contributed by atoms with van der Waals surface area (Å²) in [6.07, 6.45) is 0. The fraction of sp³-hybridized carbons (Fsp3) is 0.462. The van der Waals surface area contributed by atoms with Gasteiger partial charge >= 0.3 is 0 Å². The van der Waals surface area contributed by atoms with Crippen LogP contribution in [0.3, 0.4) is 0 Å². The molecule has 82 valence electrons. The molecule has 1 aromatic carbocycles. The van der Waals surface area contributed by atoms with Gasteiger partial charge in [-0.2, -0.15) is 0 Å². The van der Waals surface area contributed by atoms with E-state index in [1.165, 1.54) is 18.1 Å². The summed E-state index contributed by atoms with van der Waals surface area (Å²) >= 11 is 0. The molecule has 0 spiro atoms. The molecule has 0 aliphatic carbocycles. The first-order valence-electron chi connectivity index (χ1n) is 5.13. The van der Waals surface area contributed by atoms with Gasteiger partial charge in [0.25, 0.3) is 0 Å². The van der Waals surface area contributed by atoms with Gasteiger partial charge in [0.1, 0.15) is 12.4 Å². The van der Waals surface area contributed by atoms with E-state index >= 15 is 0 Å². The number of carbonyl (C=O) groups excluding carboxylic acids is 1. The Kier molecular flexibility index (Phi) is 3.51. The summed E-state index contributed by atoms with van der Waals surface area (Å²) in [6, 6.07) is 2.14. The highest BCUT2D eigenvalue weighted by Crippen LogP contribution is 2.28. The summed E-state index contributed by atoms with van der Waals surface area (Å²) in [5.74, 6) is 0.913. The molecule has 0 heterocycles. The van der Waals surface area contributed by atoms with E-state index in [4.69, 9.17) is 4.74 Å². The summed E-state index contributed by atoms with van der Waals surface area (Å²) in [6.45, 7) is 9.86. The number of hydrogen-bond acceptors (Lipinski definition) is 2. The van der Waals surface area contributed by atoms with E-state index < -0.39 is 0 Å². The minimum Gasteiger partial charge on any atom is -0.485 e. The van der Waals surface area contributed by atoms with Crippen LogP contribution in [0.15, 0.2) is 6.07 Å². The zero-order valence-electron chi connectivity index (χ0n) is 10.1. The lowest BCUT2D eigenvalue weighted by molar-refractivity contribution is -0.118. The minimum absolute atomic E-state index is 0.0490. The number of ketones is 1. The van der Waals surface area contributed by atoms with Crippen molar-refractivity contribution in [3.63, 3.8) is 0 Å². The van der Waals surface area contributed by atoms with E-state index in [0.717, 1.165) is 16.9 Å². The van der Waals surface area contributed by atoms with Crippen LogP contribution in [0, 0.1) is 27.7 Å². The van der Waals surface area contributed by atoms with Crippen LogP contribution in [-0.4, -0.2) is 12.4 Å². The number of carbonyl (C=O) groups is 1. The molecule has 0 fully saturated rings. The molecule has 0 amide bonds. The summed E-state index contributed by atoms with van der Waals surface area (Å²) in [5.41, 5.74) is 4.66. The molecule has 1 aromatic rings. The molecule has 0 atom stereocenters. The van der Waals surface area contributed by atoms with Crippen LogP contribution in [0.5, 0.6) is 5.75 Å². The smallest absolute Gasteiger partial charge is 0.167 e. The van der Waals surface area contributed by atoms with Crippen LogP contribution < -0.4 is 4.74 Å². The summed E-state index contributed by atoms with van der Waals surface area (Å²) in [4.78, 5) is 10.9. The number of hydrogen-bond donors (Lipinski definition) is 0. The summed E-state index contributed by atoms with van der Waals surface area (Å²) in [7, 11) is 0. The summed E-state index contributed by atoms with van der Waals surface area (Å²) in [5, 5.41) is 0. The largest absolute Gasteiger partial charge is 0.485 e. The predicted octanol–water partition coefficient (Wildman–Crippen LogP) is 2.89. The van der Waals surface area contributed by atoms with Crippen molar-refractivity contribution in [3.8, 4) is 5.75 Å². The average Bonchev–Trinajstić information content (AvgIpc) is 2.14. The SMILES string of the molecule is CC(=O)COc1c(C)c(C)cc(C)c1C. The van der Waals surface area contributed by atoms with Crippen molar-refractivity contribution in [2.75, 3.05) is 6.61 Å².